The van der Waals surface area contributed by atoms with Crippen molar-refractivity contribution in [1.82, 2.24) is 9.88 Å². The Hall–Kier alpha value is -2.46. The fourth-order valence-corrected chi connectivity index (χ4v) is 7.65. The summed E-state index contributed by atoms with van der Waals surface area (Å²) in [5.74, 6) is -3.67. The molecular formula is C28H38F2N2O5S. The Morgan fingerprint density at radius 3 is 2.34 bits per heavy atom. The van der Waals surface area contributed by atoms with Crippen LogP contribution in [0.2, 0.25) is 0 Å². The number of rotatable bonds is 7. The van der Waals surface area contributed by atoms with Crippen molar-refractivity contribution in [3.8, 4) is 22.3 Å². The molecule has 0 unspecified atom stereocenters. The molecule has 4 rings (SSSR count). The summed E-state index contributed by atoms with van der Waals surface area (Å²) in [6.07, 6.45) is 1.51. The number of ether oxygens (including phenoxy) is 3. The molecule has 2 fully saturated rings. The Kier molecular flexibility index (Phi) is 7.46. The van der Waals surface area contributed by atoms with E-state index in [0.717, 1.165) is 0 Å². The van der Waals surface area contributed by atoms with Gasteiger partial charge in [0.1, 0.15) is 16.4 Å². The average Bonchev–Trinajstić information content (AvgIpc) is 3.42. The van der Waals surface area contributed by atoms with Crippen LogP contribution in [0.3, 0.4) is 0 Å². The minimum atomic E-state index is -3.92. The van der Waals surface area contributed by atoms with Crippen LogP contribution in [0.15, 0.2) is 18.2 Å². The highest BCUT2D eigenvalue weighted by Crippen LogP contribution is 2.55. The second kappa shape index (κ2) is 9.93. The van der Waals surface area contributed by atoms with Gasteiger partial charge in [-0.2, -0.15) is 8.78 Å². The predicted molar refractivity (Wildman–Crippen MR) is 141 cm³/mol. The van der Waals surface area contributed by atoms with Gasteiger partial charge in [0.15, 0.2) is 11.5 Å². The fourth-order valence-electron chi connectivity index (χ4n) is 6.56. The van der Waals surface area contributed by atoms with Gasteiger partial charge in [0.25, 0.3) is 5.91 Å². The largest absolute Gasteiger partial charge is 0.493 e. The molecule has 210 valence electrons. The van der Waals surface area contributed by atoms with Crippen molar-refractivity contribution >= 4 is 17.2 Å². The van der Waals surface area contributed by atoms with Gasteiger partial charge >= 0.3 is 5.92 Å². The van der Waals surface area contributed by atoms with Crippen LogP contribution in [0, 0.1) is 17.8 Å². The normalized spacial score (nSPS) is 22.3. The van der Waals surface area contributed by atoms with Crippen molar-refractivity contribution in [2.75, 3.05) is 20.8 Å². The molecule has 0 spiro atoms. The van der Waals surface area contributed by atoms with Gasteiger partial charge in [0, 0.05) is 12.6 Å². The molecule has 1 saturated carbocycles. The van der Waals surface area contributed by atoms with Gasteiger partial charge in [-0.15, -0.1) is 0 Å². The Labute approximate surface area is 227 Å². The highest BCUT2D eigenvalue weighted by Gasteiger charge is 2.65. The number of aryl methyl sites for hydroxylation is 1. The number of amides is 1. The van der Waals surface area contributed by atoms with Crippen molar-refractivity contribution < 1.29 is 32.9 Å². The fraction of sp³-hybridized carbons (Fsp3) is 0.643. The first kappa shape index (κ1) is 28.5. The summed E-state index contributed by atoms with van der Waals surface area (Å²) in [4.78, 5) is 19.2. The lowest BCUT2D eigenvalue weighted by atomic mass is 9.58. The lowest BCUT2D eigenvalue weighted by molar-refractivity contribution is -0.231. The van der Waals surface area contributed by atoms with E-state index in [1.165, 1.54) is 23.3 Å². The molecule has 38 heavy (non-hydrogen) atoms. The molecule has 2 aromatic rings. The van der Waals surface area contributed by atoms with Crippen LogP contribution in [-0.4, -0.2) is 53.2 Å². The molecule has 1 saturated heterocycles. The summed E-state index contributed by atoms with van der Waals surface area (Å²) >= 11 is 1.23. The van der Waals surface area contributed by atoms with Crippen molar-refractivity contribution in [3.63, 3.8) is 0 Å². The molecule has 1 aromatic carbocycles. The topological polar surface area (TPSA) is 81.1 Å². The van der Waals surface area contributed by atoms with Gasteiger partial charge in [-0.1, -0.05) is 39.0 Å². The highest BCUT2D eigenvalue weighted by atomic mass is 32.1. The van der Waals surface area contributed by atoms with Crippen LogP contribution in [0.5, 0.6) is 22.3 Å². The maximum atomic E-state index is 15.9. The summed E-state index contributed by atoms with van der Waals surface area (Å²) in [6, 6.07) is 4.55. The minimum absolute atomic E-state index is 0.139. The number of carbonyl (C=O) groups is 1. The van der Waals surface area contributed by atoms with E-state index >= 15 is 8.78 Å². The summed E-state index contributed by atoms with van der Waals surface area (Å²) in [6.45, 7) is 9.45. The van der Waals surface area contributed by atoms with Crippen molar-refractivity contribution in [2.24, 2.45) is 10.8 Å². The number of nitrogens with zero attached hydrogens (tertiary/aromatic N) is 2. The number of aromatic nitrogens is 1. The van der Waals surface area contributed by atoms with E-state index in [1.54, 1.807) is 32.2 Å². The van der Waals surface area contributed by atoms with E-state index in [2.05, 4.69) is 4.98 Å². The first-order chi connectivity index (χ1) is 17.6. The zero-order valence-corrected chi connectivity index (χ0v) is 24.0. The molecule has 1 aliphatic carbocycles. The number of thiazole rings is 1. The lowest BCUT2D eigenvalue weighted by Crippen LogP contribution is -2.62. The molecule has 1 N–H and O–H groups in total. The van der Waals surface area contributed by atoms with Gasteiger partial charge < -0.3 is 24.2 Å². The van der Waals surface area contributed by atoms with Crippen LogP contribution in [-0.2, 0) is 4.79 Å². The monoisotopic (exact) mass is 552 g/mol. The molecule has 1 aliphatic heterocycles. The first-order valence-electron chi connectivity index (χ1n) is 12.9. The second-order valence-electron chi connectivity index (χ2n) is 12.2. The SMILES string of the molecule is COc1ccc(Oc2sc([C@@H]3CCCN3C(=O)C(F)(F)C3(O)CC(C)(C)CC(C)(C)C3)nc2C)cc1OC. The first-order valence-corrected chi connectivity index (χ1v) is 13.7. The van der Waals surface area contributed by atoms with E-state index in [0.29, 0.717) is 52.3 Å². The Morgan fingerprint density at radius 1 is 1.11 bits per heavy atom. The van der Waals surface area contributed by atoms with Gasteiger partial charge in [-0.3, -0.25) is 4.79 Å². The second-order valence-corrected chi connectivity index (χ2v) is 13.2. The van der Waals surface area contributed by atoms with Crippen molar-refractivity contribution in [1.29, 1.82) is 0 Å². The van der Waals surface area contributed by atoms with Crippen molar-refractivity contribution in [3.05, 3.63) is 28.9 Å². The van der Waals surface area contributed by atoms with Crippen LogP contribution in [0.25, 0.3) is 0 Å². The summed E-state index contributed by atoms with van der Waals surface area (Å²) < 4.78 is 48.5. The van der Waals surface area contributed by atoms with Crippen molar-refractivity contribution in [2.45, 2.75) is 84.3 Å². The molecule has 7 nitrogen and oxygen atoms in total. The molecule has 1 atom stereocenters. The van der Waals surface area contributed by atoms with Crippen LogP contribution in [0.4, 0.5) is 8.78 Å². The molecular weight excluding hydrogens is 514 g/mol. The van der Waals surface area contributed by atoms with E-state index in [1.807, 2.05) is 27.7 Å². The standard InChI is InChI=1S/C28H38F2N2O5S/c1-17-23(37-18-10-11-20(35-6)21(13-18)36-7)38-22(31-17)19-9-8-12-32(19)24(33)28(29,30)27(34)15-25(2,3)14-26(4,5)16-27/h10-11,13,19,34H,8-9,12,14-16H2,1-7H3/t19-/m0/s1. The summed E-state index contributed by atoms with van der Waals surface area (Å²) in [5.41, 5.74) is -2.86. The number of likely N-dealkylation sites (tertiary alicyclic amines) is 1. The maximum Gasteiger partial charge on any atom is 0.352 e. The van der Waals surface area contributed by atoms with Gasteiger partial charge in [0.05, 0.1) is 26.0 Å². The number of hydrogen-bond donors (Lipinski definition) is 1. The molecule has 1 amide bonds. The van der Waals surface area contributed by atoms with Crippen LogP contribution >= 0.6 is 11.3 Å². The number of hydrogen-bond acceptors (Lipinski definition) is 7. The van der Waals surface area contributed by atoms with Crippen LogP contribution < -0.4 is 14.2 Å². The molecule has 2 heterocycles. The van der Waals surface area contributed by atoms with Crippen LogP contribution in [0.1, 0.15) is 76.5 Å². The summed E-state index contributed by atoms with van der Waals surface area (Å²) in [5, 5.41) is 12.3. The summed E-state index contributed by atoms with van der Waals surface area (Å²) in [7, 11) is 3.08. The zero-order valence-electron chi connectivity index (χ0n) is 23.2. The van der Waals surface area contributed by atoms with Gasteiger partial charge in [-0.25, -0.2) is 4.98 Å². The molecule has 2 aliphatic rings. The molecule has 0 bridgehead atoms. The number of halogens is 2. The number of methoxy groups -OCH3 is 2. The van der Waals surface area contributed by atoms with E-state index < -0.39 is 34.3 Å². The maximum absolute atomic E-state index is 15.9. The number of benzene rings is 1. The predicted octanol–water partition coefficient (Wildman–Crippen LogP) is 6.53. The third-order valence-electron chi connectivity index (χ3n) is 7.49. The number of carbonyl (C=O) groups excluding carboxylic acids is 1. The minimum Gasteiger partial charge on any atom is -0.493 e. The number of aliphatic hydroxyl groups is 1. The van der Waals surface area contributed by atoms with Gasteiger partial charge in [0.2, 0.25) is 5.06 Å². The quantitative estimate of drug-likeness (QED) is 0.421. The lowest BCUT2D eigenvalue weighted by Gasteiger charge is -2.51. The Morgan fingerprint density at radius 2 is 1.74 bits per heavy atom. The molecule has 0 radical (unpaired) electrons. The molecule has 10 heteroatoms. The smallest absolute Gasteiger partial charge is 0.352 e. The third-order valence-corrected chi connectivity index (χ3v) is 8.62. The van der Waals surface area contributed by atoms with E-state index in [9.17, 15) is 9.90 Å². The average molecular weight is 553 g/mol. The molecule has 1 aromatic heterocycles. The third kappa shape index (κ3) is 5.34. The zero-order chi connectivity index (χ0) is 28.1. The Bertz CT molecular complexity index is 1180. The van der Waals surface area contributed by atoms with Gasteiger partial charge in [-0.05, 0) is 62.0 Å². The highest BCUT2D eigenvalue weighted by molar-refractivity contribution is 7.13. The van der Waals surface area contributed by atoms with E-state index in [4.69, 9.17) is 14.2 Å². The van der Waals surface area contributed by atoms with E-state index in [-0.39, 0.29) is 19.4 Å². The Balaban J connectivity index is 1.57. The number of alkyl halides is 2.